The van der Waals surface area contributed by atoms with Crippen molar-refractivity contribution in [2.45, 2.75) is 38.5 Å². The Balaban J connectivity index is 2.13. The highest BCUT2D eigenvalue weighted by atomic mass is 14.5. The van der Waals surface area contributed by atoms with Gasteiger partial charge in [0.25, 0.3) is 0 Å². The van der Waals surface area contributed by atoms with Crippen LogP contribution in [0.5, 0.6) is 0 Å². The zero-order valence-corrected chi connectivity index (χ0v) is 9.59. The van der Waals surface area contributed by atoms with Gasteiger partial charge in [0.2, 0.25) is 0 Å². The first-order valence-electron chi connectivity index (χ1n) is 5.97. The molecule has 15 heavy (non-hydrogen) atoms. The molecule has 2 aliphatic carbocycles. The van der Waals surface area contributed by atoms with Crippen LogP contribution in [0.1, 0.15) is 38.7 Å². The lowest BCUT2D eigenvalue weighted by atomic mass is 9.74. The fraction of sp³-hybridized carbons (Fsp3) is 0.467. The predicted octanol–water partition coefficient (Wildman–Crippen LogP) is 4.07. The molecule has 0 amide bonds. The average molecular weight is 198 g/mol. The van der Waals surface area contributed by atoms with Crippen LogP contribution in [0, 0.1) is 5.92 Å². The van der Waals surface area contributed by atoms with Crippen molar-refractivity contribution in [2.75, 3.05) is 0 Å². The van der Waals surface area contributed by atoms with Crippen molar-refractivity contribution in [1.29, 1.82) is 0 Å². The summed E-state index contributed by atoms with van der Waals surface area (Å²) in [6.07, 6.45) is 4.14. The van der Waals surface area contributed by atoms with Gasteiger partial charge >= 0.3 is 0 Å². The van der Waals surface area contributed by atoms with Gasteiger partial charge in [-0.05, 0) is 44.6 Å². The highest BCUT2D eigenvalue weighted by Crippen LogP contribution is 2.57. The van der Waals surface area contributed by atoms with Gasteiger partial charge in [-0.15, -0.1) is 0 Å². The van der Waals surface area contributed by atoms with Crippen LogP contribution in [-0.2, 0) is 5.41 Å². The summed E-state index contributed by atoms with van der Waals surface area (Å²) in [6, 6.07) is 11.1. The second-order valence-electron chi connectivity index (χ2n) is 5.20. The molecule has 2 bridgehead atoms. The van der Waals surface area contributed by atoms with Gasteiger partial charge in [0, 0.05) is 5.41 Å². The lowest BCUT2D eigenvalue weighted by Crippen LogP contribution is -2.22. The molecule has 0 radical (unpaired) electrons. The molecule has 78 valence electrons. The quantitative estimate of drug-likeness (QED) is 0.597. The first kappa shape index (κ1) is 9.21. The number of fused-ring (bicyclic) bond motifs is 2. The summed E-state index contributed by atoms with van der Waals surface area (Å²) in [6.45, 7) is 4.69. The Labute approximate surface area is 92.0 Å². The Kier molecular flexibility index (Phi) is 1.83. The molecule has 1 fully saturated rings. The normalized spacial score (nSPS) is 33.9. The fourth-order valence-electron chi connectivity index (χ4n) is 3.68. The van der Waals surface area contributed by atoms with E-state index in [1.54, 1.807) is 16.7 Å². The minimum atomic E-state index is 0.413. The highest BCUT2D eigenvalue weighted by molar-refractivity contribution is 5.45. The van der Waals surface area contributed by atoms with E-state index >= 15 is 0 Å². The molecule has 0 N–H and O–H groups in total. The van der Waals surface area contributed by atoms with E-state index in [2.05, 4.69) is 44.2 Å². The molecule has 2 atom stereocenters. The van der Waals surface area contributed by atoms with Crippen molar-refractivity contribution < 1.29 is 0 Å². The Hall–Kier alpha value is -1.04. The third kappa shape index (κ3) is 1.08. The summed E-state index contributed by atoms with van der Waals surface area (Å²) in [5.41, 5.74) is 5.28. The summed E-state index contributed by atoms with van der Waals surface area (Å²) in [5, 5.41) is 0. The predicted molar refractivity (Wildman–Crippen MR) is 63.8 cm³/mol. The van der Waals surface area contributed by atoms with Gasteiger partial charge in [-0.2, -0.15) is 0 Å². The first-order valence-corrected chi connectivity index (χ1v) is 5.97. The molecule has 2 unspecified atom stereocenters. The maximum Gasteiger partial charge on any atom is 0.0167 e. The van der Waals surface area contributed by atoms with Crippen molar-refractivity contribution in [1.82, 2.24) is 0 Å². The van der Waals surface area contributed by atoms with Crippen LogP contribution < -0.4 is 0 Å². The molecule has 1 saturated carbocycles. The zero-order valence-electron chi connectivity index (χ0n) is 9.59. The second-order valence-corrected chi connectivity index (χ2v) is 5.20. The fourth-order valence-corrected chi connectivity index (χ4v) is 3.68. The maximum absolute atomic E-state index is 2.35. The van der Waals surface area contributed by atoms with Gasteiger partial charge in [0.15, 0.2) is 0 Å². The Bertz CT molecular complexity index is 413. The average Bonchev–Trinajstić information content (AvgIpc) is 2.82. The summed E-state index contributed by atoms with van der Waals surface area (Å²) in [4.78, 5) is 0. The molecule has 0 heteroatoms. The molecule has 0 aromatic heterocycles. The van der Waals surface area contributed by atoms with E-state index in [0.29, 0.717) is 5.41 Å². The summed E-state index contributed by atoms with van der Waals surface area (Å²) in [5.74, 6) is 0.880. The molecule has 3 rings (SSSR count). The number of hydrogen-bond acceptors (Lipinski definition) is 0. The van der Waals surface area contributed by atoms with E-state index in [-0.39, 0.29) is 0 Å². The lowest BCUT2D eigenvalue weighted by Gasteiger charge is -2.30. The summed E-state index contributed by atoms with van der Waals surface area (Å²) in [7, 11) is 0. The molecule has 0 nitrogen and oxygen atoms in total. The SMILES string of the molecule is CC1=C(C)C2(c3ccccc3)CCC1C2. The molecule has 0 saturated heterocycles. The smallest absolute Gasteiger partial charge is 0.0167 e. The third-order valence-corrected chi connectivity index (χ3v) is 4.76. The van der Waals surface area contributed by atoms with Crippen LogP contribution in [0.3, 0.4) is 0 Å². The van der Waals surface area contributed by atoms with E-state index in [1.807, 2.05) is 0 Å². The summed E-state index contributed by atoms with van der Waals surface area (Å²) < 4.78 is 0. The van der Waals surface area contributed by atoms with E-state index < -0.39 is 0 Å². The van der Waals surface area contributed by atoms with Gasteiger partial charge < -0.3 is 0 Å². The van der Waals surface area contributed by atoms with Crippen molar-refractivity contribution in [3.05, 3.63) is 47.0 Å². The topological polar surface area (TPSA) is 0 Å². The number of rotatable bonds is 1. The van der Waals surface area contributed by atoms with Crippen LogP contribution in [0.2, 0.25) is 0 Å². The van der Waals surface area contributed by atoms with E-state index in [4.69, 9.17) is 0 Å². The summed E-state index contributed by atoms with van der Waals surface area (Å²) >= 11 is 0. The van der Waals surface area contributed by atoms with Crippen LogP contribution in [0.15, 0.2) is 41.5 Å². The maximum atomic E-state index is 2.35. The van der Waals surface area contributed by atoms with Crippen molar-refractivity contribution in [2.24, 2.45) is 5.92 Å². The molecular weight excluding hydrogens is 180 g/mol. The number of benzene rings is 1. The standard InChI is InChI=1S/C15H18/c1-11-12(2)15(9-8-13(11)10-15)14-6-4-3-5-7-14/h3-7,13H,8-10H2,1-2H3. The Morgan fingerprint density at radius 2 is 1.87 bits per heavy atom. The molecular formula is C15H18. The molecule has 1 aromatic rings. The molecule has 0 spiro atoms. The van der Waals surface area contributed by atoms with Gasteiger partial charge in [-0.1, -0.05) is 41.5 Å². The van der Waals surface area contributed by atoms with Crippen LogP contribution in [0.4, 0.5) is 0 Å². The third-order valence-electron chi connectivity index (χ3n) is 4.76. The molecule has 0 heterocycles. The van der Waals surface area contributed by atoms with Gasteiger partial charge in [-0.3, -0.25) is 0 Å². The van der Waals surface area contributed by atoms with Crippen LogP contribution >= 0.6 is 0 Å². The number of hydrogen-bond donors (Lipinski definition) is 0. The number of allylic oxidation sites excluding steroid dienone is 2. The minimum absolute atomic E-state index is 0.413. The highest BCUT2D eigenvalue weighted by Gasteiger charge is 2.48. The molecule has 2 aliphatic rings. The second kappa shape index (κ2) is 2.98. The molecule has 0 aliphatic heterocycles. The molecule has 1 aromatic carbocycles. The Morgan fingerprint density at radius 1 is 1.13 bits per heavy atom. The lowest BCUT2D eigenvalue weighted by molar-refractivity contribution is 0.534. The Morgan fingerprint density at radius 3 is 2.47 bits per heavy atom. The van der Waals surface area contributed by atoms with E-state index in [1.165, 1.54) is 19.3 Å². The monoisotopic (exact) mass is 198 g/mol. The van der Waals surface area contributed by atoms with Crippen molar-refractivity contribution >= 4 is 0 Å². The van der Waals surface area contributed by atoms with Crippen molar-refractivity contribution in [3.63, 3.8) is 0 Å². The largest absolute Gasteiger partial charge is 0.0704 e. The first-order chi connectivity index (χ1) is 7.24. The van der Waals surface area contributed by atoms with Gasteiger partial charge in [0.1, 0.15) is 0 Å². The van der Waals surface area contributed by atoms with E-state index in [0.717, 1.165) is 5.92 Å². The van der Waals surface area contributed by atoms with E-state index in [9.17, 15) is 0 Å². The van der Waals surface area contributed by atoms with Crippen LogP contribution in [-0.4, -0.2) is 0 Å². The van der Waals surface area contributed by atoms with Gasteiger partial charge in [-0.25, -0.2) is 0 Å². The van der Waals surface area contributed by atoms with Crippen molar-refractivity contribution in [3.8, 4) is 0 Å². The zero-order chi connectivity index (χ0) is 10.5. The van der Waals surface area contributed by atoms with Gasteiger partial charge in [0.05, 0.1) is 0 Å². The minimum Gasteiger partial charge on any atom is -0.0704 e. The van der Waals surface area contributed by atoms with Crippen LogP contribution in [0.25, 0.3) is 0 Å².